The summed E-state index contributed by atoms with van der Waals surface area (Å²) in [5.41, 5.74) is 1.73. The van der Waals surface area contributed by atoms with Gasteiger partial charge in [-0.25, -0.2) is 0 Å². The number of benzene rings is 1. The molecule has 1 aromatic carbocycles. The lowest BCUT2D eigenvalue weighted by Gasteiger charge is -2.09. The van der Waals surface area contributed by atoms with Gasteiger partial charge in [-0.1, -0.05) is 19.1 Å². The molecular weight excluding hydrogens is 402 g/mol. The summed E-state index contributed by atoms with van der Waals surface area (Å²) in [7, 11) is 1.62. The quantitative estimate of drug-likeness (QED) is 0.469. The lowest BCUT2D eigenvalue weighted by Crippen LogP contribution is -2.24. The van der Waals surface area contributed by atoms with Crippen LogP contribution in [0.2, 0.25) is 0 Å². The minimum atomic E-state index is -0.0713. The fourth-order valence-electron chi connectivity index (χ4n) is 3.46. The number of carbonyl (C=O) groups excluding carboxylic acids is 1. The third-order valence-corrected chi connectivity index (χ3v) is 5.82. The van der Waals surface area contributed by atoms with Crippen LogP contribution in [-0.2, 0) is 24.3 Å². The highest BCUT2D eigenvalue weighted by Gasteiger charge is 2.17. The van der Waals surface area contributed by atoms with Gasteiger partial charge < -0.3 is 10.1 Å². The molecule has 8 nitrogen and oxygen atoms in total. The van der Waals surface area contributed by atoms with Gasteiger partial charge in [-0.05, 0) is 35.6 Å². The van der Waals surface area contributed by atoms with E-state index >= 15 is 0 Å². The van der Waals surface area contributed by atoms with Gasteiger partial charge >= 0.3 is 0 Å². The number of rotatable bonds is 8. The van der Waals surface area contributed by atoms with E-state index in [4.69, 9.17) is 4.74 Å². The van der Waals surface area contributed by atoms with E-state index < -0.39 is 0 Å². The van der Waals surface area contributed by atoms with Gasteiger partial charge in [0.25, 0.3) is 5.56 Å². The first-order valence-corrected chi connectivity index (χ1v) is 10.7. The van der Waals surface area contributed by atoms with Crippen LogP contribution in [0.25, 0.3) is 16.0 Å². The molecule has 30 heavy (non-hydrogen) atoms. The van der Waals surface area contributed by atoms with Crippen molar-refractivity contribution in [2.45, 2.75) is 39.3 Å². The lowest BCUT2D eigenvalue weighted by atomic mass is 10.2. The molecule has 1 amide bonds. The molecular formula is C21H23N5O3S. The Morgan fingerprint density at radius 2 is 2.13 bits per heavy atom. The molecule has 0 saturated carbocycles. The van der Waals surface area contributed by atoms with Gasteiger partial charge in [-0.3, -0.25) is 18.6 Å². The molecule has 4 aromatic rings. The number of carbonyl (C=O) groups is 1. The first-order valence-electron chi connectivity index (χ1n) is 9.86. The zero-order valence-corrected chi connectivity index (χ0v) is 17.7. The highest BCUT2D eigenvalue weighted by atomic mass is 32.1. The second-order valence-electron chi connectivity index (χ2n) is 6.97. The van der Waals surface area contributed by atoms with Crippen molar-refractivity contribution < 1.29 is 9.53 Å². The van der Waals surface area contributed by atoms with Gasteiger partial charge in [0.15, 0.2) is 0 Å². The van der Waals surface area contributed by atoms with Gasteiger partial charge in [-0.15, -0.1) is 21.5 Å². The third-order valence-electron chi connectivity index (χ3n) is 4.93. The van der Waals surface area contributed by atoms with Gasteiger partial charge in [-0.2, -0.15) is 0 Å². The van der Waals surface area contributed by atoms with Crippen molar-refractivity contribution in [2.75, 3.05) is 7.11 Å². The van der Waals surface area contributed by atoms with Crippen molar-refractivity contribution in [1.29, 1.82) is 0 Å². The average molecular weight is 426 g/mol. The Morgan fingerprint density at radius 3 is 2.93 bits per heavy atom. The van der Waals surface area contributed by atoms with Crippen LogP contribution in [0, 0.1) is 0 Å². The van der Waals surface area contributed by atoms with E-state index in [2.05, 4.69) is 15.5 Å². The maximum Gasteiger partial charge on any atom is 0.272 e. The molecule has 0 unspecified atom stereocenters. The topological polar surface area (TPSA) is 90.5 Å². The summed E-state index contributed by atoms with van der Waals surface area (Å²) in [6, 6.07) is 9.50. The molecule has 0 atom stereocenters. The largest absolute Gasteiger partial charge is 0.497 e. The summed E-state index contributed by atoms with van der Waals surface area (Å²) in [5, 5.41) is 13.4. The van der Waals surface area contributed by atoms with Crippen LogP contribution in [0.15, 0.2) is 40.5 Å². The van der Waals surface area contributed by atoms with Crippen LogP contribution < -0.4 is 15.6 Å². The summed E-state index contributed by atoms with van der Waals surface area (Å²) in [6.45, 7) is 3.03. The number of nitrogens with one attached hydrogen (secondary N) is 1. The lowest BCUT2D eigenvalue weighted by molar-refractivity contribution is -0.121. The van der Waals surface area contributed by atoms with E-state index in [1.807, 2.05) is 47.0 Å². The molecule has 0 fully saturated rings. The predicted molar refractivity (Wildman–Crippen MR) is 116 cm³/mol. The first-order chi connectivity index (χ1) is 14.6. The number of methoxy groups -OCH3 is 1. The number of hydrogen-bond donors (Lipinski definition) is 1. The van der Waals surface area contributed by atoms with E-state index in [-0.39, 0.29) is 17.9 Å². The number of fused-ring (bicyclic) bond motifs is 3. The highest BCUT2D eigenvalue weighted by molar-refractivity contribution is 7.17. The molecule has 3 heterocycles. The van der Waals surface area contributed by atoms with Crippen LogP contribution in [0.1, 0.15) is 31.2 Å². The molecule has 0 aliphatic heterocycles. The molecule has 0 aliphatic carbocycles. The van der Waals surface area contributed by atoms with Crippen LogP contribution in [0.3, 0.4) is 0 Å². The zero-order valence-electron chi connectivity index (χ0n) is 16.9. The Labute approximate surface area is 177 Å². The predicted octanol–water partition coefficient (Wildman–Crippen LogP) is 2.77. The molecule has 4 rings (SSSR count). The number of hydrogen-bond acceptors (Lipinski definition) is 6. The molecule has 1 N–H and O–H groups in total. The molecule has 9 heteroatoms. The third kappa shape index (κ3) is 3.80. The van der Waals surface area contributed by atoms with Crippen molar-refractivity contribution >= 4 is 33.2 Å². The standard InChI is InChI=1S/C21H23N5O3S/c1-3-10-25-20(28)19-16(9-11-30-19)26-17(23-24-21(25)26)7-8-18(27)22-13-14-5-4-6-15(12-14)29-2/h4-6,9,11-12H,3,7-8,10,13H2,1-2H3,(H,22,27). The van der Waals surface area contributed by atoms with Crippen LogP contribution in [0.4, 0.5) is 0 Å². The van der Waals surface area contributed by atoms with E-state index in [0.717, 1.165) is 23.3 Å². The molecule has 0 saturated heterocycles. The van der Waals surface area contributed by atoms with Crippen LogP contribution in [-0.4, -0.2) is 32.2 Å². The van der Waals surface area contributed by atoms with Crippen molar-refractivity contribution in [3.63, 3.8) is 0 Å². The van der Waals surface area contributed by atoms with Crippen molar-refractivity contribution in [2.24, 2.45) is 0 Å². The number of aryl methyl sites for hydroxylation is 2. The molecule has 0 bridgehead atoms. The van der Waals surface area contributed by atoms with Crippen molar-refractivity contribution in [3.8, 4) is 5.75 Å². The van der Waals surface area contributed by atoms with Gasteiger partial charge in [0.1, 0.15) is 16.3 Å². The molecule has 156 valence electrons. The summed E-state index contributed by atoms with van der Waals surface area (Å²) in [4.78, 5) is 25.1. The Balaban J connectivity index is 1.51. The molecule has 0 radical (unpaired) electrons. The van der Waals surface area contributed by atoms with Crippen molar-refractivity contribution in [3.05, 3.63) is 57.5 Å². The van der Waals surface area contributed by atoms with Crippen LogP contribution >= 0.6 is 11.3 Å². The number of aromatic nitrogens is 4. The maximum absolute atomic E-state index is 12.8. The SMILES string of the molecule is CCCn1c(=O)c2sccc2n2c(CCC(=O)NCc3cccc(OC)c3)nnc12. The smallest absolute Gasteiger partial charge is 0.272 e. The zero-order chi connectivity index (χ0) is 21.1. The van der Waals surface area contributed by atoms with Gasteiger partial charge in [0.05, 0.1) is 12.6 Å². The summed E-state index contributed by atoms with van der Waals surface area (Å²) in [6.07, 6.45) is 1.53. The number of ether oxygens (including phenoxy) is 1. The summed E-state index contributed by atoms with van der Waals surface area (Å²) >= 11 is 1.41. The maximum atomic E-state index is 12.8. The van der Waals surface area contributed by atoms with Gasteiger partial charge in [0, 0.05) is 25.9 Å². The summed E-state index contributed by atoms with van der Waals surface area (Å²) < 4.78 is 9.45. The molecule has 3 aromatic heterocycles. The Hall–Kier alpha value is -3.20. The van der Waals surface area contributed by atoms with Crippen LogP contribution in [0.5, 0.6) is 5.75 Å². The second kappa shape index (κ2) is 8.66. The van der Waals surface area contributed by atoms with E-state index in [1.54, 1.807) is 11.7 Å². The van der Waals surface area contributed by atoms with E-state index in [1.165, 1.54) is 11.3 Å². The van der Waals surface area contributed by atoms with Crippen molar-refractivity contribution in [1.82, 2.24) is 24.5 Å². The minimum Gasteiger partial charge on any atom is -0.497 e. The fourth-order valence-corrected chi connectivity index (χ4v) is 4.29. The number of thiophene rings is 1. The van der Waals surface area contributed by atoms with E-state index in [0.29, 0.717) is 35.8 Å². The normalized spacial score (nSPS) is 11.3. The average Bonchev–Trinajstić information content (AvgIpc) is 3.41. The molecule has 0 spiro atoms. The minimum absolute atomic E-state index is 0.0377. The second-order valence-corrected chi connectivity index (χ2v) is 7.89. The van der Waals surface area contributed by atoms with E-state index in [9.17, 15) is 9.59 Å². The molecule has 0 aliphatic rings. The number of amides is 1. The fraction of sp³-hybridized carbons (Fsp3) is 0.333. The highest BCUT2D eigenvalue weighted by Crippen LogP contribution is 2.20. The Kier molecular flexibility index (Phi) is 5.80. The number of nitrogens with zero attached hydrogens (tertiary/aromatic N) is 4. The Bertz CT molecular complexity index is 1260. The summed E-state index contributed by atoms with van der Waals surface area (Å²) in [5.74, 6) is 1.89. The van der Waals surface area contributed by atoms with Gasteiger partial charge in [0.2, 0.25) is 11.7 Å². The first kappa shape index (κ1) is 20.1. The Morgan fingerprint density at radius 1 is 1.27 bits per heavy atom. The monoisotopic (exact) mass is 425 g/mol.